The number of benzene rings is 2. The number of hydrogen-bond donors (Lipinski definition) is 1. The van der Waals surface area contributed by atoms with Gasteiger partial charge in [-0.3, -0.25) is 4.79 Å². The van der Waals surface area contributed by atoms with Crippen LogP contribution >= 0.6 is 0 Å². The summed E-state index contributed by atoms with van der Waals surface area (Å²) < 4.78 is 5.55. The van der Waals surface area contributed by atoms with E-state index in [1.807, 2.05) is 36.4 Å². The van der Waals surface area contributed by atoms with Crippen LogP contribution in [0.25, 0.3) is 0 Å². The molecule has 26 heavy (non-hydrogen) atoms. The number of carbonyl (C=O) groups excluding carboxylic acids is 1. The monoisotopic (exact) mass is 352 g/mol. The average Bonchev–Trinajstić information content (AvgIpc) is 2.68. The van der Waals surface area contributed by atoms with Crippen LogP contribution < -0.4 is 15.0 Å². The summed E-state index contributed by atoms with van der Waals surface area (Å²) in [4.78, 5) is 14.5. The van der Waals surface area contributed by atoms with Crippen molar-refractivity contribution < 1.29 is 9.53 Å². The Morgan fingerprint density at radius 2 is 1.85 bits per heavy atom. The first-order valence-electron chi connectivity index (χ1n) is 9.54. The first kappa shape index (κ1) is 18.3. The third kappa shape index (κ3) is 4.78. The van der Waals surface area contributed by atoms with Crippen molar-refractivity contribution in [2.45, 2.75) is 45.6 Å². The summed E-state index contributed by atoms with van der Waals surface area (Å²) >= 11 is 0. The van der Waals surface area contributed by atoms with Crippen molar-refractivity contribution in [3.8, 4) is 5.75 Å². The summed E-state index contributed by atoms with van der Waals surface area (Å²) in [5.74, 6) is 0.565. The molecule has 0 radical (unpaired) electrons. The molecule has 1 heterocycles. The number of hydrogen-bond acceptors (Lipinski definition) is 3. The van der Waals surface area contributed by atoms with E-state index >= 15 is 0 Å². The molecule has 138 valence electrons. The molecular weight excluding hydrogens is 324 g/mol. The number of carbonyl (C=O) groups is 1. The van der Waals surface area contributed by atoms with Gasteiger partial charge in [0.2, 0.25) is 0 Å². The summed E-state index contributed by atoms with van der Waals surface area (Å²) in [6, 6.07) is 16.5. The quantitative estimate of drug-likeness (QED) is 0.823. The normalized spacial score (nSPS) is 17.0. The zero-order valence-corrected chi connectivity index (χ0v) is 15.7. The maximum absolute atomic E-state index is 12.1. The Morgan fingerprint density at radius 1 is 1.12 bits per heavy atom. The lowest BCUT2D eigenvalue weighted by molar-refractivity contribution is -0.118. The molecule has 0 unspecified atom stereocenters. The van der Waals surface area contributed by atoms with Crippen molar-refractivity contribution in [3.63, 3.8) is 0 Å². The predicted octanol–water partition coefficient (Wildman–Crippen LogP) is 4.65. The minimum absolute atomic E-state index is 0.0103. The van der Waals surface area contributed by atoms with Gasteiger partial charge < -0.3 is 15.0 Å². The smallest absolute Gasteiger partial charge is 0.262 e. The lowest BCUT2D eigenvalue weighted by atomic mass is 10.0. The van der Waals surface area contributed by atoms with Crippen molar-refractivity contribution >= 4 is 17.3 Å². The van der Waals surface area contributed by atoms with Crippen molar-refractivity contribution in [2.75, 3.05) is 23.4 Å². The third-order valence-corrected chi connectivity index (χ3v) is 4.99. The minimum atomic E-state index is -0.149. The Kier molecular flexibility index (Phi) is 6.16. The number of nitrogens with zero attached hydrogens (tertiary/aromatic N) is 1. The first-order chi connectivity index (χ1) is 12.7. The van der Waals surface area contributed by atoms with Gasteiger partial charge >= 0.3 is 0 Å². The van der Waals surface area contributed by atoms with Gasteiger partial charge in [-0.25, -0.2) is 0 Å². The van der Waals surface area contributed by atoms with E-state index in [1.165, 1.54) is 30.5 Å². The van der Waals surface area contributed by atoms with Crippen LogP contribution in [-0.4, -0.2) is 25.1 Å². The van der Waals surface area contributed by atoms with Crippen LogP contribution in [0.4, 0.5) is 11.4 Å². The molecule has 1 aliphatic heterocycles. The Labute approximate surface area is 156 Å². The van der Waals surface area contributed by atoms with Crippen LogP contribution in [0, 0.1) is 0 Å². The SMILES string of the molecule is CCc1ccc(OCC(=O)Nc2ccc(N3CCCC[C@H]3C)cc2)cc1. The van der Waals surface area contributed by atoms with Gasteiger partial charge in [0, 0.05) is 24.0 Å². The van der Waals surface area contributed by atoms with Crippen LogP contribution in [0.15, 0.2) is 48.5 Å². The second kappa shape index (κ2) is 8.75. The number of amides is 1. The van der Waals surface area contributed by atoms with Crippen LogP contribution in [0.5, 0.6) is 5.75 Å². The topological polar surface area (TPSA) is 41.6 Å². The number of aryl methyl sites for hydroxylation is 1. The van der Waals surface area contributed by atoms with E-state index < -0.39 is 0 Å². The predicted molar refractivity (Wildman–Crippen MR) is 107 cm³/mol. The van der Waals surface area contributed by atoms with E-state index in [0.29, 0.717) is 11.8 Å². The Balaban J connectivity index is 1.50. The minimum Gasteiger partial charge on any atom is -0.484 e. The van der Waals surface area contributed by atoms with Gasteiger partial charge in [0.15, 0.2) is 6.61 Å². The molecule has 4 nitrogen and oxygen atoms in total. The van der Waals surface area contributed by atoms with Crippen molar-refractivity contribution in [3.05, 3.63) is 54.1 Å². The number of nitrogens with one attached hydrogen (secondary N) is 1. The number of anilines is 2. The van der Waals surface area contributed by atoms with Gasteiger partial charge in [-0.05, 0) is 74.6 Å². The Hall–Kier alpha value is -2.49. The third-order valence-electron chi connectivity index (χ3n) is 4.99. The van der Waals surface area contributed by atoms with Gasteiger partial charge in [-0.1, -0.05) is 19.1 Å². The molecule has 0 aromatic heterocycles. The molecule has 1 amide bonds. The summed E-state index contributed by atoms with van der Waals surface area (Å²) in [5.41, 5.74) is 3.28. The lowest BCUT2D eigenvalue weighted by Crippen LogP contribution is -2.37. The molecule has 4 heteroatoms. The van der Waals surface area contributed by atoms with E-state index in [-0.39, 0.29) is 12.5 Å². The van der Waals surface area contributed by atoms with Gasteiger partial charge in [0.05, 0.1) is 0 Å². The fourth-order valence-corrected chi connectivity index (χ4v) is 3.39. The number of rotatable bonds is 6. The van der Waals surface area contributed by atoms with Crippen LogP contribution in [-0.2, 0) is 11.2 Å². The highest BCUT2D eigenvalue weighted by Crippen LogP contribution is 2.25. The maximum Gasteiger partial charge on any atom is 0.262 e. The summed E-state index contributed by atoms with van der Waals surface area (Å²) in [5, 5.41) is 2.89. The fraction of sp³-hybridized carbons (Fsp3) is 0.409. The van der Waals surface area contributed by atoms with Gasteiger partial charge in [-0.15, -0.1) is 0 Å². The molecule has 0 spiro atoms. The van der Waals surface area contributed by atoms with E-state index in [9.17, 15) is 4.79 Å². The van der Waals surface area contributed by atoms with Gasteiger partial charge in [0.1, 0.15) is 5.75 Å². The molecule has 1 fully saturated rings. The van der Waals surface area contributed by atoms with Crippen LogP contribution in [0.3, 0.4) is 0 Å². The van der Waals surface area contributed by atoms with Gasteiger partial charge in [0.25, 0.3) is 5.91 Å². The molecule has 0 saturated carbocycles. The lowest BCUT2D eigenvalue weighted by Gasteiger charge is -2.35. The Morgan fingerprint density at radius 3 is 2.50 bits per heavy atom. The molecule has 1 atom stereocenters. The molecule has 1 saturated heterocycles. The van der Waals surface area contributed by atoms with Gasteiger partial charge in [-0.2, -0.15) is 0 Å². The molecule has 1 aliphatic rings. The summed E-state index contributed by atoms with van der Waals surface area (Å²) in [7, 11) is 0. The van der Waals surface area contributed by atoms with Crippen molar-refractivity contribution in [1.29, 1.82) is 0 Å². The highest BCUT2D eigenvalue weighted by Gasteiger charge is 2.18. The molecule has 1 N–H and O–H groups in total. The van der Waals surface area contributed by atoms with E-state index in [2.05, 4.69) is 36.2 Å². The van der Waals surface area contributed by atoms with Crippen LogP contribution in [0.2, 0.25) is 0 Å². The molecule has 2 aromatic rings. The van der Waals surface area contributed by atoms with E-state index in [0.717, 1.165) is 18.7 Å². The highest BCUT2D eigenvalue weighted by molar-refractivity contribution is 5.92. The van der Waals surface area contributed by atoms with Crippen molar-refractivity contribution in [1.82, 2.24) is 0 Å². The summed E-state index contributed by atoms with van der Waals surface area (Å²) in [6.07, 6.45) is 4.80. The number of ether oxygens (including phenoxy) is 1. The molecule has 2 aromatic carbocycles. The maximum atomic E-state index is 12.1. The standard InChI is InChI=1S/C22H28N2O2/c1-3-18-7-13-21(14-8-18)26-16-22(25)23-19-9-11-20(12-10-19)24-15-5-4-6-17(24)2/h7-14,17H,3-6,15-16H2,1-2H3,(H,23,25)/t17-/m1/s1. The largest absolute Gasteiger partial charge is 0.484 e. The molecule has 0 aliphatic carbocycles. The first-order valence-corrected chi connectivity index (χ1v) is 9.54. The summed E-state index contributed by atoms with van der Waals surface area (Å²) in [6.45, 7) is 5.51. The zero-order valence-electron chi connectivity index (χ0n) is 15.7. The highest BCUT2D eigenvalue weighted by atomic mass is 16.5. The number of piperidine rings is 1. The molecular formula is C22H28N2O2. The molecule has 0 bridgehead atoms. The van der Waals surface area contributed by atoms with E-state index in [4.69, 9.17) is 4.74 Å². The second-order valence-corrected chi connectivity index (χ2v) is 6.92. The Bertz CT molecular complexity index is 710. The van der Waals surface area contributed by atoms with Crippen molar-refractivity contribution in [2.24, 2.45) is 0 Å². The zero-order chi connectivity index (χ0) is 18.4. The fourth-order valence-electron chi connectivity index (χ4n) is 3.39. The van der Waals surface area contributed by atoms with Crippen LogP contribution in [0.1, 0.15) is 38.7 Å². The van der Waals surface area contributed by atoms with E-state index in [1.54, 1.807) is 0 Å². The second-order valence-electron chi connectivity index (χ2n) is 6.92. The average molecular weight is 352 g/mol. The molecule has 3 rings (SSSR count).